The Labute approximate surface area is 194 Å². The lowest BCUT2D eigenvalue weighted by atomic mass is 9.95. The molecule has 2 heterocycles. The molecule has 1 aliphatic rings. The minimum atomic E-state index is -0.490. The van der Waals surface area contributed by atoms with Crippen molar-refractivity contribution >= 4 is 17.5 Å². The molecule has 4 aromatic rings. The molecule has 5 rings (SSSR count). The summed E-state index contributed by atoms with van der Waals surface area (Å²) >= 11 is 6.18. The van der Waals surface area contributed by atoms with Crippen LogP contribution >= 0.6 is 11.6 Å². The van der Waals surface area contributed by atoms with Crippen LogP contribution in [0.25, 0.3) is 11.3 Å². The molecule has 0 radical (unpaired) electrons. The van der Waals surface area contributed by atoms with Crippen LogP contribution in [0.2, 0.25) is 5.02 Å². The maximum absolute atomic E-state index is 13.4. The fourth-order valence-electron chi connectivity index (χ4n) is 4.18. The van der Waals surface area contributed by atoms with Crippen molar-refractivity contribution < 1.29 is 19.0 Å². The summed E-state index contributed by atoms with van der Waals surface area (Å²) < 4.78 is 18.7. The highest BCUT2D eigenvalue weighted by atomic mass is 35.5. The molecular formula is C25H19ClFN3O3. The van der Waals surface area contributed by atoms with Crippen molar-refractivity contribution in [1.29, 1.82) is 0 Å². The van der Waals surface area contributed by atoms with Crippen LogP contribution in [-0.4, -0.2) is 33.2 Å². The number of hydrogen-bond donors (Lipinski definition) is 2. The number of nitrogens with zero attached hydrogens (tertiary/aromatic N) is 2. The van der Waals surface area contributed by atoms with E-state index in [9.17, 15) is 14.3 Å². The lowest BCUT2D eigenvalue weighted by Crippen LogP contribution is -2.29. The number of aromatic nitrogens is 2. The third kappa shape index (κ3) is 3.70. The van der Waals surface area contributed by atoms with E-state index in [2.05, 4.69) is 10.2 Å². The largest absolute Gasteiger partial charge is 0.507 e. The summed E-state index contributed by atoms with van der Waals surface area (Å²) in [6.45, 7) is 0.263. The van der Waals surface area contributed by atoms with Gasteiger partial charge in [-0.1, -0.05) is 35.9 Å². The molecule has 0 saturated heterocycles. The number of aromatic amines is 1. The van der Waals surface area contributed by atoms with Gasteiger partial charge in [0.15, 0.2) is 0 Å². The first kappa shape index (κ1) is 21.0. The highest BCUT2D eigenvalue weighted by Crippen LogP contribution is 2.45. The molecule has 0 spiro atoms. The van der Waals surface area contributed by atoms with E-state index in [1.807, 2.05) is 24.3 Å². The molecule has 0 saturated carbocycles. The van der Waals surface area contributed by atoms with Gasteiger partial charge in [0.1, 0.15) is 28.7 Å². The van der Waals surface area contributed by atoms with Crippen LogP contribution in [0.5, 0.6) is 11.5 Å². The van der Waals surface area contributed by atoms with E-state index in [-0.39, 0.29) is 24.0 Å². The minimum Gasteiger partial charge on any atom is -0.507 e. The predicted molar refractivity (Wildman–Crippen MR) is 122 cm³/mol. The quantitative estimate of drug-likeness (QED) is 0.419. The number of halogens is 2. The molecule has 33 heavy (non-hydrogen) atoms. The zero-order valence-electron chi connectivity index (χ0n) is 17.5. The number of methoxy groups -OCH3 is 1. The standard InChI is InChI=1S/C25H19ClFN3O3/c1-33-18-9-4-15(5-10-18)24-21-22(19-12-16(26)6-11-20(19)31)28-29-23(21)25(32)30(24)13-14-2-7-17(27)8-3-14/h2-12,24,31H,13H2,1H3,(H,28,29). The summed E-state index contributed by atoms with van der Waals surface area (Å²) in [5.74, 6) is 0.113. The molecule has 8 heteroatoms. The minimum absolute atomic E-state index is 0.00612. The van der Waals surface area contributed by atoms with Gasteiger partial charge in [-0.3, -0.25) is 9.89 Å². The molecule has 3 aromatic carbocycles. The van der Waals surface area contributed by atoms with Gasteiger partial charge in [-0.05, 0) is 53.6 Å². The SMILES string of the molecule is COc1ccc(C2c3c(-c4cc(Cl)ccc4O)n[nH]c3C(=O)N2Cc2ccc(F)cc2)cc1. The van der Waals surface area contributed by atoms with Crippen LogP contribution < -0.4 is 4.74 Å². The van der Waals surface area contributed by atoms with Crippen LogP contribution in [0.1, 0.15) is 33.2 Å². The number of phenols is 1. The second-order valence-corrected chi connectivity index (χ2v) is 8.19. The van der Waals surface area contributed by atoms with Gasteiger partial charge in [0.05, 0.1) is 13.2 Å². The second kappa shape index (κ2) is 8.26. The van der Waals surface area contributed by atoms with Crippen molar-refractivity contribution in [2.75, 3.05) is 7.11 Å². The average molecular weight is 464 g/mol. The third-order valence-electron chi connectivity index (χ3n) is 5.78. The molecule has 1 unspecified atom stereocenters. The zero-order valence-corrected chi connectivity index (χ0v) is 18.3. The lowest BCUT2D eigenvalue weighted by Gasteiger charge is -2.26. The van der Waals surface area contributed by atoms with Gasteiger partial charge in [-0.15, -0.1) is 0 Å². The Hall–Kier alpha value is -3.84. The number of aromatic hydroxyl groups is 1. The Balaban J connectivity index is 1.65. The van der Waals surface area contributed by atoms with Crippen LogP contribution in [0.4, 0.5) is 4.39 Å². The molecule has 1 aromatic heterocycles. The van der Waals surface area contributed by atoms with Crippen LogP contribution in [-0.2, 0) is 6.54 Å². The molecule has 2 N–H and O–H groups in total. The number of phenolic OH excluding ortho intramolecular Hbond substituents is 1. The summed E-state index contributed by atoms with van der Waals surface area (Å²) in [5.41, 5.74) is 3.48. The van der Waals surface area contributed by atoms with Crippen molar-refractivity contribution in [2.45, 2.75) is 12.6 Å². The van der Waals surface area contributed by atoms with Gasteiger partial charge in [0.2, 0.25) is 0 Å². The molecule has 1 atom stereocenters. The van der Waals surface area contributed by atoms with E-state index in [1.165, 1.54) is 18.2 Å². The number of H-pyrrole nitrogens is 1. The zero-order chi connectivity index (χ0) is 23.1. The van der Waals surface area contributed by atoms with Gasteiger partial charge in [0.25, 0.3) is 5.91 Å². The van der Waals surface area contributed by atoms with Gasteiger partial charge in [-0.2, -0.15) is 5.10 Å². The van der Waals surface area contributed by atoms with Crippen LogP contribution in [0.3, 0.4) is 0 Å². The summed E-state index contributed by atoms with van der Waals surface area (Å²) in [5, 5.41) is 18.1. The Bertz CT molecular complexity index is 1340. The van der Waals surface area contributed by atoms with Crippen molar-refractivity contribution in [3.63, 3.8) is 0 Å². The maximum atomic E-state index is 13.4. The summed E-state index contributed by atoms with van der Waals surface area (Å²) in [7, 11) is 1.59. The van der Waals surface area contributed by atoms with Gasteiger partial charge in [0, 0.05) is 22.7 Å². The molecular weight excluding hydrogens is 445 g/mol. The average Bonchev–Trinajstić information content (AvgIpc) is 3.36. The normalized spacial score (nSPS) is 15.1. The first-order chi connectivity index (χ1) is 16.0. The smallest absolute Gasteiger partial charge is 0.273 e. The van der Waals surface area contributed by atoms with Crippen LogP contribution in [0.15, 0.2) is 66.7 Å². The molecule has 166 valence electrons. The monoisotopic (exact) mass is 463 g/mol. The second-order valence-electron chi connectivity index (χ2n) is 7.76. The van der Waals surface area contributed by atoms with Crippen molar-refractivity contribution in [1.82, 2.24) is 15.1 Å². The van der Waals surface area contributed by atoms with Gasteiger partial charge in [-0.25, -0.2) is 4.39 Å². The molecule has 0 aliphatic carbocycles. The first-order valence-corrected chi connectivity index (χ1v) is 10.6. The number of carbonyl (C=O) groups excluding carboxylic acids is 1. The van der Waals surface area contributed by atoms with Crippen molar-refractivity contribution in [3.8, 4) is 22.8 Å². The highest BCUT2D eigenvalue weighted by molar-refractivity contribution is 6.31. The summed E-state index contributed by atoms with van der Waals surface area (Å²) in [4.78, 5) is 15.1. The van der Waals surface area contributed by atoms with Crippen molar-refractivity contribution in [3.05, 3.63) is 100.0 Å². The maximum Gasteiger partial charge on any atom is 0.273 e. The predicted octanol–water partition coefficient (Wildman–Crippen LogP) is 5.33. The number of carbonyl (C=O) groups is 1. The number of hydrogen-bond acceptors (Lipinski definition) is 4. The molecule has 0 bridgehead atoms. The number of rotatable bonds is 5. The number of ether oxygens (including phenoxy) is 1. The highest BCUT2D eigenvalue weighted by Gasteiger charge is 2.42. The van der Waals surface area contributed by atoms with E-state index in [0.717, 1.165) is 11.1 Å². The van der Waals surface area contributed by atoms with Crippen molar-refractivity contribution in [2.24, 2.45) is 0 Å². The molecule has 6 nitrogen and oxygen atoms in total. The number of fused-ring (bicyclic) bond motifs is 1. The van der Waals surface area contributed by atoms with E-state index < -0.39 is 6.04 Å². The Morgan fingerprint density at radius 3 is 2.55 bits per heavy atom. The van der Waals surface area contributed by atoms with E-state index in [1.54, 1.807) is 36.3 Å². The number of nitrogens with one attached hydrogen (secondary N) is 1. The number of amides is 1. The van der Waals surface area contributed by atoms with E-state index >= 15 is 0 Å². The molecule has 1 aliphatic heterocycles. The van der Waals surface area contributed by atoms with Gasteiger partial charge >= 0.3 is 0 Å². The third-order valence-corrected chi connectivity index (χ3v) is 6.01. The fourth-order valence-corrected chi connectivity index (χ4v) is 4.35. The summed E-state index contributed by atoms with van der Waals surface area (Å²) in [6, 6.07) is 17.7. The van der Waals surface area contributed by atoms with Gasteiger partial charge < -0.3 is 14.7 Å². The number of benzene rings is 3. The molecule has 1 amide bonds. The topological polar surface area (TPSA) is 78.5 Å². The van der Waals surface area contributed by atoms with E-state index in [4.69, 9.17) is 16.3 Å². The first-order valence-electron chi connectivity index (χ1n) is 10.2. The summed E-state index contributed by atoms with van der Waals surface area (Å²) in [6.07, 6.45) is 0. The molecule has 0 fully saturated rings. The fraction of sp³-hybridized carbons (Fsp3) is 0.120. The Morgan fingerprint density at radius 1 is 1.12 bits per heavy atom. The lowest BCUT2D eigenvalue weighted by molar-refractivity contribution is 0.0730. The van der Waals surface area contributed by atoms with Crippen LogP contribution in [0, 0.1) is 5.82 Å². The Kier molecular flexibility index (Phi) is 5.26. The Morgan fingerprint density at radius 2 is 1.85 bits per heavy atom. The van der Waals surface area contributed by atoms with E-state index in [0.29, 0.717) is 33.3 Å².